The largest absolute Gasteiger partial charge is 0.408 e. The number of nitrogens with two attached hydrogens (primary N) is 1. The molecule has 0 aromatic carbocycles. The van der Waals surface area contributed by atoms with Crippen LogP contribution in [0, 0.1) is 0 Å². The highest BCUT2D eigenvalue weighted by Gasteiger charge is 2.13. The molecule has 0 rings (SSSR count). The van der Waals surface area contributed by atoms with Crippen molar-refractivity contribution in [1.29, 1.82) is 0 Å². The second-order valence-electron chi connectivity index (χ2n) is 2.55. The van der Waals surface area contributed by atoms with Crippen LogP contribution < -0.4 is 5.73 Å². The molecular formula is C7H17N3O2. The summed E-state index contributed by atoms with van der Waals surface area (Å²) in [6.07, 6.45) is 0. The monoisotopic (exact) mass is 175 g/mol. The summed E-state index contributed by atoms with van der Waals surface area (Å²) in [4.78, 5) is 1.75. The number of hydrogen-bond donors (Lipinski definition) is 2. The van der Waals surface area contributed by atoms with Gasteiger partial charge in [0.25, 0.3) is 0 Å². The normalized spacial score (nSPS) is 14.4. The van der Waals surface area contributed by atoms with E-state index in [-0.39, 0.29) is 12.0 Å². The van der Waals surface area contributed by atoms with Crippen molar-refractivity contribution in [2.45, 2.75) is 19.9 Å². The van der Waals surface area contributed by atoms with E-state index in [9.17, 15) is 0 Å². The molecule has 0 spiro atoms. The van der Waals surface area contributed by atoms with Gasteiger partial charge in [-0.1, -0.05) is 5.16 Å². The van der Waals surface area contributed by atoms with E-state index in [1.807, 2.05) is 13.8 Å². The topological polar surface area (TPSA) is 71.1 Å². The van der Waals surface area contributed by atoms with E-state index in [4.69, 9.17) is 15.7 Å². The van der Waals surface area contributed by atoms with Crippen LogP contribution in [0.15, 0.2) is 5.16 Å². The third kappa shape index (κ3) is 2.96. The van der Waals surface area contributed by atoms with Gasteiger partial charge in [0.05, 0.1) is 12.6 Å². The average molecular weight is 175 g/mol. The lowest BCUT2D eigenvalue weighted by Crippen LogP contribution is -2.45. The molecule has 0 aliphatic carbocycles. The highest BCUT2D eigenvalue weighted by Crippen LogP contribution is 1.98. The Morgan fingerprint density at radius 1 is 1.75 bits per heavy atom. The summed E-state index contributed by atoms with van der Waals surface area (Å²) in [6, 6.07) is 0.121. The second-order valence-corrected chi connectivity index (χ2v) is 2.55. The van der Waals surface area contributed by atoms with Crippen molar-refractivity contribution in [2.24, 2.45) is 10.9 Å². The molecule has 0 fully saturated rings. The van der Waals surface area contributed by atoms with E-state index in [0.29, 0.717) is 13.2 Å². The van der Waals surface area contributed by atoms with Crippen molar-refractivity contribution < 1.29 is 9.94 Å². The number of rotatable bonds is 4. The number of ether oxygens (including phenoxy) is 1. The van der Waals surface area contributed by atoms with Crippen molar-refractivity contribution in [3.63, 3.8) is 0 Å². The molecular weight excluding hydrogens is 158 g/mol. The van der Waals surface area contributed by atoms with Gasteiger partial charge in [-0.05, 0) is 13.8 Å². The smallest absolute Gasteiger partial charge is 0.233 e. The van der Waals surface area contributed by atoms with Gasteiger partial charge >= 0.3 is 0 Å². The first-order valence-electron chi connectivity index (χ1n) is 3.90. The van der Waals surface area contributed by atoms with Gasteiger partial charge in [-0.25, -0.2) is 0 Å². The maximum atomic E-state index is 8.43. The van der Waals surface area contributed by atoms with Crippen LogP contribution >= 0.6 is 0 Å². The maximum Gasteiger partial charge on any atom is 0.233 e. The predicted molar refractivity (Wildman–Crippen MR) is 47.1 cm³/mol. The van der Waals surface area contributed by atoms with Crippen molar-refractivity contribution >= 4 is 5.96 Å². The van der Waals surface area contributed by atoms with Crippen LogP contribution in [-0.4, -0.2) is 42.4 Å². The molecule has 0 radical (unpaired) electrons. The van der Waals surface area contributed by atoms with E-state index >= 15 is 0 Å². The van der Waals surface area contributed by atoms with Gasteiger partial charge in [-0.2, -0.15) is 0 Å². The van der Waals surface area contributed by atoms with Crippen LogP contribution in [0.2, 0.25) is 0 Å². The lowest BCUT2D eigenvalue weighted by atomic mass is 10.3. The van der Waals surface area contributed by atoms with Gasteiger partial charge in [0, 0.05) is 13.7 Å². The minimum Gasteiger partial charge on any atom is -0.408 e. The quantitative estimate of drug-likeness (QED) is 0.274. The number of guanidine groups is 1. The van der Waals surface area contributed by atoms with Gasteiger partial charge in [-0.3, -0.25) is 0 Å². The molecule has 0 saturated carbocycles. The van der Waals surface area contributed by atoms with Crippen molar-refractivity contribution in [2.75, 3.05) is 20.3 Å². The molecule has 72 valence electrons. The van der Waals surface area contributed by atoms with Crippen molar-refractivity contribution in [1.82, 2.24) is 4.90 Å². The predicted octanol–water partition coefficient (Wildman–Crippen LogP) is 0.0471. The number of methoxy groups -OCH3 is 1. The first kappa shape index (κ1) is 11.0. The zero-order chi connectivity index (χ0) is 9.56. The summed E-state index contributed by atoms with van der Waals surface area (Å²) in [5.41, 5.74) is 5.43. The number of nitrogens with zero attached hydrogens (tertiary/aromatic N) is 2. The Morgan fingerprint density at radius 2 is 2.33 bits per heavy atom. The van der Waals surface area contributed by atoms with Crippen LogP contribution in [0.4, 0.5) is 0 Å². The molecule has 5 heteroatoms. The van der Waals surface area contributed by atoms with Gasteiger partial charge in [-0.15, -0.1) is 0 Å². The van der Waals surface area contributed by atoms with E-state index in [1.165, 1.54) is 0 Å². The molecule has 1 unspecified atom stereocenters. The maximum absolute atomic E-state index is 8.43. The summed E-state index contributed by atoms with van der Waals surface area (Å²) >= 11 is 0. The summed E-state index contributed by atoms with van der Waals surface area (Å²) in [7, 11) is 1.62. The molecule has 0 aromatic heterocycles. The Morgan fingerprint density at radius 3 is 2.67 bits per heavy atom. The molecule has 0 bridgehead atoms. The standard InChI is InChI=1S/C7H17N3O2/c1-4-10(7(8)9-11)6(2)5-12-3/h6,11H,4-5H2,1-3H3,(H2,8,9). The second kappa shape index (κ2) is 5.65. The molecule has 12 heavy (non-hydrogen) atoms. The fourth-order valence-corrected chi connectivity index (χ4v) is 1.09. The Hall–Kier alpha value is -0.970. The Bertz CT molecular complexity index is 150. The molecule has 3 N–H and O–H groups in total. The van der Waals surface area contributed by atoms with E-state index in [0.717, 1.165) is 0 Å². The summed E-state index contributed by atoms with van der Waals surface area (Å²) in [5, 5.41) is 11.4. The van der Waals surface area contributed by atoms with Crippen LogP contribution in [-0.2, 0) is 4.74 Å². The summed E-state index contributed by atoms with van der Waals surface area (Å²) in [6.45, 7) is 5.14. The third-order valence-corrected chi connectivity index (χ3v) is 1.68. The lowest BCUT2D eigenvalue weighted by molar-refractivity contribution is 0.135. The Labute approximate surface area is 72.8 Å². The SMILES string of the molecule is CCN(C(N)=NO)C(C)COC. The van der Waals surface area contributed by atoms with E-state index in [1.54, 1.807) is 12.0 Å². The van der Waals surface area contributed by atoms with Crippen LogP contribution in [0.5, 0.6) is 0 Å². The number of oxime groups is 1. The Kier molecular flexibility index (Phi) is 5.19. The van der Waals surface area contributed by atoms with Gasteiger partial charge < -0.3 is 20.6 Å². The molecule has 0 aromatic rings. The van der Waals surface area contributed by atoms with Crippen LogP contribution in [0.1, 0.15) is 13.8 Å². The van der Waals surface area contributed by atoms with Crippen LogP contribution in [0.3, 0.4) is 0 Å². The highest BCUT2D eigenvalue weighted by molar-refractivity contribution is 5.77. The minimum atomic E-state index is 0.121. The minimum absolute atomic E-state index is 0.121. The molecule has 0 amide bonds. The van der Waals surface area contributed by atoms with E-state index in [2.05, 4.69) is 5.16 Å². The molecule has 0 heterocycles. The van der Waals surface area contributed by atoms with Gasteiger partial charge in [0.1, 0.15) is 0 Å². The first-order chi connectivity index (χ1) is 5.67. The zero-order valence-corrected chi connectivity index (χ0v) is 7.82. The number of hydrogen-bond acceptors (Lipinski definition) is 3. The zero-order valence-electron chi connectivity index (χ0n) is 7.82. The van der Waals surface area contributed by atoms with Gasteiger partial charge in [0.2, 0.25) is 5.96 Å². The summed E-state index contributed by atoms with van der Waals surface area (Å²) in [5.74, 6) is 0.127. The van der Waals surface area contributed by atoms with Crippen LogP contribution in [0.25, 0.3) is 0 Å². The lowest BCUT2D eigenvalue weighted by Gasteiger charge is -2.27. The fraction of sp³-hybridized carbons (Fsp3) is 0.857. The van der Waals surface area contributed by atoms with Crippen molar-refractivity contribution in [3.8, 4) is 0 Å². The first-order valence-corrected chi connectivity index (χ1v) is 3.90. The molecule has 0 aliphatic heterocycles. The molecule has 1 atom stereocenters. The number of likely N-dealkylation sites (N-methyl/N-ethyl adjacent to an activating group) is 1. The van der Waals surface area contributed by atoms with E-state index < -0.39 is 0 Å². The van der Waals surface area contributed by atoms with Crippen molar-refractivity contribution in [3.05, 3.63) is 0 Å². The molecule has 0 saturated heterocycles. The fourth-order valence-electron chi connectivity index (χ4n) is 1.09. The summed E-state index contributed by atoms with van der Waals surface area (Å²) < 4.78 is 4.95. The third-order valence-electron chi connectivity index (χ3n) is 1.68. The average Bonchev–Trinajstić information content (AvgIpc) is 2.06. The Balaban J connectivity index is 4.13. The highest BCUT2D eigenvalue weighted by atomic mass is 16.5. The molecule has 5 nitrogen and oxygen atoms in total. The molecule has 0 aliphatic rings. The van der Waals surface area contributed by atoms with Gasteiger partial charge in [0.15, 0.2) is 0 Å².